The van der Waals surface area contributed by atoms with Gasteiger partial charge in [0.1, 0.15) is 5.58 Å². The highest BCUT2D eigenvalue weighted by Gasteiger charge is 2.50. The molecule has 0 radical (unpaired) electrons. The van der Waals surface area contributed by atoms with Crippen molar-refractivity contribution < 1.29 is 11.3 Å². The number of furan rings is 1. The Morgan fingerprint density at radius 1 is 0.463 bits per heavy atom. The lowest BCUT2D eigenvalue weighted by molar-refractivity contribution is 0.332. The monoisotopic (exact) mass is 1090 g/mol. The molecule has 0 fully saturated rings. The lowest BCUT2D eigenvalue weighted by atomic mass is 9.35. The van der Waals surface area contributed by atoms with Gasteiger partial charge in [-0.15, -0.1) is 0 Å². The standard InChI is InChI=1S/C77H90BN3O/c1-47-39-56-59(76(16,17)37-35-73(56,10)11)45-62(47)81-63-40-49(71(5,6)7)27-32-61(63)78-67-64(42-53(43-65(67)81)79(50-23-21-20-22-24-50)51-28-25-48(26-29-51)70(2,3)4)80(52-30-31-55-57(41-52)74(12,13)34-33-72(55,8)9)68-54-44-58-60(46-66(54)82-69(68)78)77(18,19)38-36-75(58,14)15/h20-32,39-46H,33-38H2,1-19H3/i20D,21D,22D,23D,24D. The number of rotatable bonds is 5. The van der Waals surface area contributed by atoms with Crippen molar-refractivity contribution >= 4 is 85.5 Å². The normalized spacial score (nSPS) is 20.2. The van der Waals surface area contributed by atoms with E-state index in [4.69, 9.17) is 5.79 Å². The van der Waals surface area contributed by atoms with Crippen molar-refractivity contribution in [3.63, 3.8) is 0 Å². The lowest BCUT2D eigenvalue weighted by Crippen LogP contribution is -2.61. The van der Waals surface area contributed by atoms with E-state index in [-0.39, 0.29) is 79.9 Å². The van der Waals surface area contributed by atoms with Crippen molar-refractivity contribution in [3.8, 4) is 0 Å². The largest absolute Gasteiger partial charge is 0.468 e. The molecular weight excluding hydrogens is 994 g/mol. The predicted octanol–water partition coefficient (Wildman–Crippen LogP) is 19.9. The molecule has 0 unspecified atom stereocenters. The zero-order chi connectivity index (χ0) is 62.7. The van der Waals surface area contributed by atoms with Gasteiger partial charge >= 0.3 is 0 Å². The maximum absolute atomic E-state index is 9.86. The van der Waals surface area contributed by atoms with Crippen molar-refractivity contribution in [2.45, 2.75) is 213 Å². The minimum atomic E-state index is -0.426. The average molecular weight is 1090 g/mol. The smallest absolute Gasteiger partial charge is 0.297 e. The summed E-state index contributed by atoms with van der Waals surface area (Å²) >= 11 is 0. The molecule has 8 aromatic rings. The van der Waals surface area contributed by atoms with Crippen LogP contribution in [-0.2, 0) is 43.3 Å². The van der Waals surface area contributed by atoms with Crippen LogP contribution in [0.2, 0.25) is 0 Å². The molecule has 0 saturated carbocycles. The molecule has 0 saturated heterocycles. The number of anilines is 9. The number of hydrogen-bond donors (Lipinski definition) is 0. The van der Waals surface area contributed by atoms with Crippen LogP contribution in [0.25, 0.3) is 11.0 Å². The molecule has 422 valence electrons. The minimum absolute atomic E-state index is 0.0228. The highest BCUT2D eigenvalue weighted by atomic mass is 16.3. The fourth-order valence-electron chi connectivity index (χ4n) is 15.2. The van der Waals surface area contributed by atoms with Crippen LogP contribution in [-0.4, -0.2) is 6.71 Å². The fourth-order valence-corrected chi connectivity index (χ4v) is 15.2. The van der Waals surface area contributed by atoms with Gasteiger partial charge in [-0.2, -0.15) is 0 Å². The van der Waals surface area contributed by atoms with E-state index in [9.17, 15) is 5.48 Å². The van der Waals surface area contributed by atoms with E-state index in [0.717, 1.165) is 111 Å². The molecule has 0 atom stereocenters. The summed E-state index contributed by atoms with van der Waals surface area (Å²) < 4.78 is 55.0. The second kappa shape index (κ2) is 17.8. The molecule has 1 aromatic heterocycles. The summed E-state index contributed by atoms with van der Waals surface area (Å²) in [5.74, 6) is 0. The Bertz CT molecular complexity index is 4210. The molecule has 0 bridgehead atoms. The van der Waals surface area contributed by atoms with Crippen molar-refractivity contribution in [3.05, 3.63) is 177 Å². The van der Waals surface area contributed by atoms with Gasteiger partial charge < -0.3 is 19.1 Å². The summed E-state index contributed by atoms with van der Waals surface area (Å²) in [6.45, 7) is 44.2. The van der Waals surface area contributed by atoms with Crippen LogP contribution in [0, 0.1) is 6.92 Å². The molecule has 3 aliphatic carbocycles. The third kappa shape index (κ3) is 8.41. The number of fused-ring (bicyclic) bond motifs is 9. The zero-order valence-electron chi connectivity index (χ0n) is 57.8. The average Bonchev–Trinajstić information content (AvgIpc) is 1.68. The number of aryl methyl sites for hydroxylation is 1. The Morgan fingerprint density at radius 3 is 1.54 bits per heavy atom. The van der Waals surface area contributed by atoms with Gasteiger partial charge in [-0.1, -0.05) is 179 Å². The predicted molar refractivity (Wildman–Crippen MR) is 353 cm³/mol. The Balaban J connectivity index is 1.24. The van der Waals surface area contributed by atoms with Crippen molar-refractivity contribution in [1.82, 2.24) is 0 Å². The summed E-state index contributed by atoms with van der Waals surface area (Å²) in [4.78, 5) is 6.99. The summed E-state index contributed by atoms with van der Waals surface area (Å²) in [5, 5.41) is 1.07. The molecule has 3 heterocycles. The first-order valence-corrected chi connectivity index (χ1v) is 30.7. The van der Waals surface area contributed by atoms with Crippen molar-refractivity contribution in [2.24, 2.45) is 0 Å². The van der Waals surface area contributed by atoms with Crippen molar-refractivity contribution in [1.29, 1.82) is 0 Å². The van der Waals surface area contributed by atoms with Crippen LogP contribution < -0.4 is 31.3 Å². The number of nitrogens with zero attached hydrogens (tertiary/aromatic N) is 3. The summed E-state index contributed by atoms with van der Waals surface area (Å²) in [6, 6.07) is 35.4. The molecule has 82 heavy (non-hydrogen) atoms. The maximum atomic E-state index is 9.86. The third-order valence-electron chi connectivity index (χ3n) is 21.0. The molecule has 5 heteroatoms. The molecule has 13 rings (SSSR count). The van der Waals surface area contributed by atoms with Gasteiger partial charge in [-0.25, -0.2) is 0 Å². The number of benzene rings is 7. The quantitative estimate of drug-likeness (QED) is 0.160. The molecule has 0 N–H and O–H groups in total. The Morgan fingerprint density at radius 2 is 0.963 bits per heavy atom. The van der Waals surface area contributed by atoms with Crippen LogP contribution in [0.1, 0.15) is 220 Å². The summed E-state index contributed by atoms with van der Waals surface area (Å²) in [6.07, 6.45) is 6.44. The van der Waals surface area contributed by atoms with Gasteiger partial charge in [0.15, 0.2) is 0 Å². The van der Waals surface area contributed by atoms with Gasteiger partial charge in [0.05, 0.1) is 23.9 Å². The first kappa shape index (κ1) is 49.0. The van der Waals surface area contributed by atoms with Gasteiger partial charge in [0, 0.05) is 45.2 Å². The maximum Gasteiger partial charge on any atom is 0.297 e. The van der Waals surface area contributed by atoms with Crippen molar-refractivity contribution in [2.75, 3.05) is 14.7 Å². The Labute approximate surface area is 499 Å². The summed E-state index contributed by atoms with van der Waals surface area (Å²) in [7, 11) is 0. The number of para-hydroxylation sites is 1. The summed E-state index contributed by atoms with van der Waals surface area (Å²) in [5.41, 5.74) is 22.4. The van der Waals surface area contributed by atoms with E-state index >= 15 is 0 Å². The molecule has 4 nitrogen and oxygen atoms in total. The van der Waals surface area contributed by atoms with E-state index in [1.165, 1.54) is 38.9 Å². The fraction of sp³-hybridized carbons (Fsp3) is 0.429. The Hall–Kier alpha value is -6.46. The molecule has 0 amide bonds. The van der Waals surface area contributed by atoms with Crippen LogP contribution in [0.4, 0.5) is 51.2 Å². The van der Waals surface area contributed by atoms with Crippen LogP contribution in [0.15, 0.2) is 132 Å². The van der Waals surface area contributed by atoms with Crippen LogP contribution >= 0.6 is 0 Å². The lowest BCUT2D eigenvalue weighted by Gasteiger charge is -2.46. The second-order valence-corrected chi connectivity index (χ2v) is 31.6. The first-order chi connectivity index (χ1) is 40.3. The zero-order valence-corrected chi connectivity index (χ0v) is 52.8. The molecular formula is C77H90BN3O. The number of hydrogen-bond acceptors (Lipinski definition) is 4. The SMILES string of the molecule is [2H]c1c([2H])c([2H])c(N(c2ccc(C(C)(C)C)cc2)c2cc3c4c(c2)N(c2ccc5c(c2)C(C)(C)CCC5(C)C)c2c(oc5cc6c(cc25)C(C)(C)CCC6(C)C)B4c2ccc(C(C)(C)C)cc2N3c2cc3c(cc2C)C(C)(C)CCC3(C)C)c([2H])c1[2H]. The van der Waals surface area contributed by atoms with Crippen LogP contribution in [0.5, 0.6) is 0 Å². The topological polar surface area (TPSA) is 22.9 Å². The molecule has 7 aromatic carbocycles. The van der Waals surface area contributed by atoms with E-state index in [0.29, 0.717) is 11.4 Å². The first-order valence-electron chi connectivity index (χ1n) is 33.2. The van der Waals surface area contributed by atoms with Gasteiger partial charge in [-0.3, -0.25) is 0 Å². The highest BCUT2D eigenvalue weighted by Crippen LogP contribution is 2.56. The third-order valence-corrected chi connectivity index (χ3v) is 21.0. The van der Waals surface area contributed by atoms with Crippen LogP contribution in [0.3, 0.4) is 0 Å². The minimum Gasteiger partial charge on any atom is -0.468 e. The van der Waals surface area contributed by atoms with Gasteiger partial charge in [-0.05, 0) is 223 Å². The second-order valence-electron chi connectivity index (χ2n) is 31.6. The molecule has 5 aliphatic rings. The Kier molecular flexibility index (Phi) is 10.6. The van der Waals surface area contributed by atoms with E-state index in [1.54, 1.807) is 0 Å². The molecule has 0 spiro atoms. The highest BCUT2D eigenvalue weighted by molar-refractivity contribution is 7.00. The van der Waals surface area contributed by atoms with Gasteiger partial charge in [0.25, 0.3) is 6.71 Å². The molecule has 2 aliphatic heterocycles. The van der Waals surface area contributed by atoms with Gasteiger partial charge in [0.2, 0.25) is 0 Å². The van der Waals surface area contributed by atoms with E-state index in [2.05, 4.69) is 238 Å². The van der Waals surface area contributed by atoms with E-state index in [1.807, 2.05) is 4.90 Å². The van der Waals surface area contributed by atoms with E-state index < -0.39 is 6.04 Å².